The lowest BCUT2D eigenvalue weighted by Gasteiger charge is -2.40. The largest absolute Gasteiger partial charge is 0.377 e. The number of piperidine rings is 1. The first-order valence-corrected chi connectivity index (χ1v) is 16.0. The van der Waals surface area contributed by atoms with Gasteiger partial charge in [0.25, 0.3) is 0 Å². The van der Waals surface area contributed by atoms with Gasteiger partial charge in [0.05, 0.1) is 46.1 Å². The highest BCUT2D eigenvalue weighted by atomic mass is 35.5. The topological polar surface area (TPSA) is 94.7 Å². The Morgan fingerprint density at radius 2 is 1.74 bits per heavy atom. The number of nitrogens with one attached hydrogen (secondary N) is 2. The van der Waals surface area contributed by atoms with Crippen LogP contribution in [0.5, 0.6) is 0 Å². The van der Waals surface area contributed by atoms with E-state index in [1.54, 1.807) is 18.2 Å². The predicted molar refractivity (Wildman–Crippen MR) is 181 cm³/mol. The Balaban J connectivity index is 1.34. The summed E-state index contributed by atoms with van der Waals surface area (Å²) >= 11 is 6.82. The first kappa shape index (κ1) is 31.5. The van der Waals surface area contributed by atoms with E-state index in [-0.39, 0.29) is 23.4 Å². The van der Waals surface area contributed by atoms with Gasteiger partial charge < -0.3 is 10.6 Å². The summed E-state index contributed by atoms with van der Waals surface area (Å²) in [5.41, 5.74) is 4.59. The molecule has 2 N–H and O–H groups in total. The molecule has 0 saturated carbocycles. The van der Waals surface area contributed by atoms with E-state index in [2.05, 4.69) is 69.8 Å². The molecule has 10 heteroatoms. The Bertz CT molecular complexity index is 1870. The number of nitriles is 1. The molecule has 1 aliphatic heterocycles. The number of benzene rings is 3. The summed E-state index contributed by atoms with van der Waals surface area (Å²) in [5.74, 6) is -0.321. The summed E-state index contributed by atoms with van der Waals surface area (Å²) in [5, 5.41) is 27.3. The molecule has 5 aromatic rings. The zero-order valence-corrected chi connectivity index (χ0v) is 27.3. The maximum Gasteiger partial charge on any atom is 0.128 e. The Labute approximate surface area is 274 Å². The van der Waals surface area contributed by atoms with E-state index in [0.717, 1.165) is 42.9 Å². The van der Waals surface area contributed by atoms with Crippen LogP contribution in [0.4, 0.5) is 15.8 Å². The van der Waals surface area contributed by atoms with Crippen LogP contribution in [0.3, 0.4) is 0 Å². The third-order valence-corrected chi connectivity index (χ3v) is 9.12. The zero-order valence-electron chi connectivity index (χ0n) is 26.5. The second kappa shape index (κ2) is 13.1. The molecule has 236 valence electrons. The quantitative estimate of drug-likeness (QED) is 0.177. The first-order chi connectivity index (χ1) is 22.1. The molecular weight excluding hydrogens is 599 g/mol. The highest BCUT2D eigenvalue weighted by molar-refractivity contribution is 6.35. The van der Waals surface area contributed by atoms with Crippen LogP contribution in [0.15, 0.2) is 79.1 Å². The molecule has 2 atom stereocenters. The molecule has 0 bridgehead atoms. The maximum atomic E-state index is 14.7. The Morgan fingerprint density at radius 1 is 1.02 bits per heavy atom. The molecule has 8 nitrogen and oxygen atoms in total. The summed E-state index contributed by atoms with van der Waals surface area (Å²) < 4.78 is 16.7. The van der Waals surface area contributed by atoms with Crippen LogP contribution in [0, 0.1) is 17.1 Å². The minimum absolute atomic E-state index is 0.149. The highest BCUT2D eigenvalue weighted by Gasteiger charge is 2.29. The van der Waals surface area contributed by atoms with Crippen LogP contribution >= 0.6 is 11.6 Å². The number of halogens is 2. The van der Waals surface area contributed by atoms with Crippen molar-refractivity contribution in [1.29, 1.82) is 5.26 Å². The molecule has 2 aromatic heterocycles. The van der Waals surface area contributed by atoms with Gasteiger partial charge in [0.15, 0.2) is 0 Å². The third-order valence-electron chi connectivity index (χ3n) is 8.83. The molecular formula is C36H38ClFN8. The Hall–Kier alpha value is -4.52. The average Bonchev–Trinajstić information content (AvgIpc) is 3.54. The van der Waals surface area contributed by atoms with Crippen molar-refractivity contribution in [3.05, 3.63) is 112 Å². The molecule has 3 heterocycles. The van der Waals surface area contributed by atoms with E-state index >= 15 is 0 Å². The molecule has 0 radical (unpaired) electrons. The van der Waals surface area contributed by atoms with E-state index in [1.807, 2.05) is 48.1 Å². The van der Waals surface area contributed by atoms with Crippen molar-refractivity contribution in [2.75, 3.05) is 23.7 Å². The molecule has 2 unspecified atom stereocenters. The van der Waals surface area contributed by atoms with E-state index in [0.29, 0.717) is 32.7 Å². The van der Waals surface area contributed by atoms with Crippen molar-refractivity contribution in [1.82, 2.24) is 24.9 Å². The van der Waals surface area contributed by atoms with Gasteiger partial charge in [-0.05, 0) is 64.3 Å². The van der Waals surface area contributed by atoms with Crippen LogP contribution in [0.25, 0.3) is 10.9 Å². The van der Waals surface area contributed by atoms with Crippen molar-refractivity contribution in [2.45, 2.75) is 64.2 Å². The van der Waals surface area contributed by atoms with Gasteiger partial charge >= 0.3 is 0 Å². The highest BCUT2D eigenvalue weighted by Crippen LogP contribution is 2.37. The van der Waals surface area contributed by atoms with Gasteiger partial charge in [-0.1, -0.05) is 65.3 Å². The van der Waals surface area contributed by atoms with Crippen molar-refractivity contribution in [3.8, 4) is 6.07 Å². The fraction of sp³-hybridized carbons (Fsp3) is 0.333. The second-order valence-electron chi connectivity index (χ2n) is 12.9. The van der Waals surface area contributed by atoms with E-state index in [4.69, 9.17) is 11.6 Å². The minimum atomic E-state index is -0.420. The molecule has 0 spiro atoms. The lowest BCUT2D eigenvalue weighted by molar-refractivity contribution is 0.0866. The number of nitrogens with zero attached hydrogens (tertiary/aromatic N) is 6. The van der Waals surface area contributed by atoms with Crippen molar-refractivity contribution in [2.24, 2.45) is 0 Å². The number of hydrogen-bond acceptors (Lipinski definition) is 7. The molecule has 3 aromatic carbocycles. The van der Waals surface area contributed by atoms with Crippen LogP contribution in [0.1, 0.15) is 81.0 Å². The Kier molecular flexibility index (Phi) is 8.94. The van der Waals surface area contributed by atoms with Crippen LogP contribution < -0.4 is 10.6 Å². The van der Waals surface area contributed by atoms with E-state index < -0.39 is 6.04 Å². The predicted octanol–water partition coefficient (Wildman–Crippen LogP) is 8.30. The van der Waals surface area contributed by atoms with Gasteiger partial charge in [-0.25, -0.2) is 9.07 Å². The summed E-state index contributed by atoms with van der Waals surface area (Å²) in [6.45, 7) is 10.7. The number of anilines is 2. The normalized spacial score (nSPS) is 15.8. The van der Waals surface area contributed by atoms with E-state index in [9.17, 15) is 9.65 Å². The van der Waals surface area contributed by atoms with Gasteiger partial charge in [0.1, 0.15) is 17.6 Å². The molecule has 1 fully saturated rings. The molecule has 0 aliphatic carbocycles. The Morgan fingerprint density at radius 3 is 2.43 bits per heavy atom. The summed E-state index contributed by atoms with van der Waals surface area (Å²) in [4.78, 5) is 7.02. The van der Waals surface area contributed by atoms with Gasteiger partial charge in [0.2, 0.25) is 0 Å². The van der Waals surface area contributed by atoms with Crippen LogP contribution in [0.2, 0.25) is 5.02 Å². The number of fused-ring (bicyclic) bond motifs is 1. The third kappa shape index (κ3) is 6.55. The molecule has 6 rings (SSSR count). The van der Waals surface area contributed by atoms with Gasteiger partial charge in [0, 0.05) is 41.5 Å². The van der Waals surface area contributed by atoms with Crippen molar-refractivity contribution < 1.29 is 4.39 Å². The molecule has 46 heavy (non-hydrogen) atoms. The summed E-state index contributed by atoms with van der Waals surface area (Å²) in [6, 6.07) is 22.2. The molecule has 0 amide bonds. The number of rotatable bonds is 8. The number of pyridine rings is 1. The SMILES string of the molecule is CC(Nc1c(C#N)cnc2c(Cl)cc(NC(c3ccccc3)c3cn(C4CCN(C(C)(C)C)CC4)nn3)cc12)c1ccccc1F. The molecule has 1 saturated heterocycles. The smallest absolute Gasteiger partial charge is 0.128 e. The fourth-order valence-corrected chi connectivity index (χ4v) is 6.51. The minimum Gasteiger partial charge on any atom is -0.377 e. The van der Waals surface area contributed by atoms with Crippen molar-refractivity contribution in [3.63, 3.8) is 0 Å². The standard InChI is InChI=1S/C36H38ClFN8/c1-23(28-12-8-9-13-31(28)38)41-33-25(20-39)21-40-35-29(33)18-26(19-30(35)37)42-34(24-10-6-5-7-11-24)32-22-46(44-43-32)27-14-16-45(17-15-27)36(2,3)4/h5-13,18-19,21-23,27,34,42H,14-17H2,1-4H3,(H,40,41). The van der Waals surface area contributed by atoms with Gasteiger partial charge in [-0.2, -0.15) is 5.26 Å². The molecule has 1 aliphatic rings. The maximum absolute atomic E-state index is 14.7. The zero-order chi connectivity index (χ0) is 32.4. The number of hydrogen-bond donors (Lipinski definition) is 2. The fourth-order valence-electron chi connectivity index (χ4n) is 6.25. The van der Waals surface area contributed by atoms with Crippen LogP contribution in [-0.4, -0.2) is 43.5 Å². The number of aromatic nitrogens is 4. The number of likely N-dealkylation sites (tertiary alicyclic amines) is 1. The average molecular weight is 637 g/mol. The van der Waals surface area contributed by atoms with Gasteiger partial charge in [-0.3, -0.25) is 9.88 Å². The van der Waals surface area contributed by atoms with Crippen LogP contribution in [-0.2, 0) is 0 Å². The monoisotopic (exact) mass is 636 g/mol. The van der Waals surface area contributed by atoms with Gasteiger partial charge in [-0.15, -0.1) is 5.10 Å². The van der Waals surface area contributed by atoms with Crippen molar-refractivity contribution >= 4 is 33.9 Å². The lowest BCUT2D eigenvalue weighted by Crippen LogP contribution is -2.46. The van der Waals surface area contributed by atoms with E-state index in [1.165, 1.54) is 12.3 Å². The summed E-state index contributed by atoms with van der Waals surface area (Å²) in [6.07, 6.45) is 5.57. The summed E-state index contributed by atoms with van der Waals surface area (Å²) in [7, 11) is 0. The second-order valence-corrected chi connectivity index (χ2v) is 13.3. The lowest BCUT2D eigenvalue weighted by atomic mass is 9.98. The first-order valence-electron chi connectivity index (χ1n) is 15.6.